The van der Waals surface area contributed by atoms with Crippen molar-refractivity contribution < 1.29 is 9.53 Å². The minimum Gasteiger partial charge on any atom is -0.497 e. The van der Waals surface area contributed by atoms with Gasteiger partial charge in [-0.2, -0.15) is 5.10 Å². The first-order chi connectivity index (χ1) is 11.2. The number of aromatic nitrogens is 4. The summed E-state index contributed by atoms with van der Waals surface area (Å²) in [4.78, 5) is 20.7. The van der Waals surface area contributed by atoms with Crippen LogP contribution in [0.2, 0.25) is 0 Å². The number of nitrogens with zero attached hydrogens (tertiary/aromatic N) is 4. The van der Waals surface area contributed by atoms with E-state index in [1.165, 1.54) is 17.3 Å². The molecule has 0 unspecified atom stereocenters. The highest BCUT2D eigenvalue weighted by molar-refractivity contribution is 9.10. The summed E-state index contributed by atoms with van der Waals surface area (Å²) >= 11 is 3.37. The molecule has 1 aromatic carbocycles. The molecule has 0 aliphatic heterocycles. The zero-order valence-corrected chi connectivity index (χ0v) is 13.7. The highest BCUT2D eigenvalue weighted by Crippen LogP contribution is 2.24. The summed E-state index contributed by atoms with van der Waals surface area (Å²) in [7, 11) is 1.55. The molecule has 0 fully saturated rings. The minimum absolute atomic E-state index is 0.287. The summed E-state index contributed by atoms with van der Waals surface area (Å²) in [6, 6.07) is 8.67. The van der Waals surface area contributed by atoms with Crippen molar-refractivity contribution in [1.29, 1.82) is 0 Å². The molecule has 0 saturated carbocycles. The van der Waals surface area contributed by atoms with Crippen molar-refractivity contribution in [2.45, 2.75) is 0 Å². The van der Waals surface area contributed by atoms with E-state index in [0.717, 1.165) is 0 Å². The number of halogens is 1. The van der Waals surface area contributed by atoms with E-state index in [2.05, 4.69) is 36.3 Å². The fourth-order valence-electron chi connectivity index (χ4n) is 1.99. The van der Waals surface area contributed by atoms with Crippen LogP contribution < -0.4 is 10.1 Å². The maximum Gasteiger partial charge on any atom is 0.257 e. The number of benzene rings is 1. The molecule has 0 saturated heterocycles. The van der Waals surface area contributed by atoms with Gasteiger partial charge in [0.1, 0.15) is 18.4 Å². The quantitative estimate of drug-likeness (QED) is 0.760. The first-order valence-corrected chi connectivity index (χ1v) is 7.43. The molecule has 23 heavy (non-hydrogen) atoms. The number of ether oxygens (including phenoxy) is 1. The summed E-state index contributed by atoms with van der Waals surface area (Å²) in [6.07, 6.45) is 4.53. The van der Waals surface area contributed by atoms with Crippen molar-refractivity contribution in [2.75, 3.05) is 12.4 Å². The molecule has 2 aromatic heterocycles. The van der Waals surface area contributed by atoms with E-state index in [1.807, 2.05) is 0 Å². The van der Waals surface area contributed by atoms with Crippen LogP contribution in [0.25, 0.3) is 5.82 Å². The Morgan fingerprint density at radius 2 is 2.22 bits per heavy atom. The van der Waals surface area contributed by atoms with E-state index >= 15 is 0 Å². The number of carbonyl (C=O) groups excluding carboxylic acids is 1. The summed E-state index contributed by atoms with van der Waals surface area (Å²) in [5.74, 6) is 0.795. The van der Waals surface area contributed by atoms with Crippen molar-refractivity contribution in [3.8, 4) is 11.6 Å². The Morgan fingerprint density at radius 1 is 1.35 bits per heavy atom. The predicted molar refractivity (Wildman–Crippen MR) is 87.8 cm³/mol. The van der Waals surface area contributed by atoms with Gasteiger partial charge in [0.25, 0.3) is 5.91 Å². The van der Waals surface area contributed by atoms with E-state index in [-0.39, 0.29) is 5.91 Å². The first kappa shape index (κ1) is 15.2. The van der Waals surface area contributed by atoms with Gasteiger partial charge in [0.15, 0.2) is 5.82 Å². The fraction of sp³-hybridized carbons (Fsp3) is 0.0667. The second-order valence-electron chi connectivity index (χ2n) is 4.51. The van der Waals surface area contributed by atoms with Crippen LogP contribution in [0.15, 0.2) is 53.7 Å². The van der Waals surface area contributed by atoms with Crippen LogP contribution in [0.5, 0.6) is 5.75 Å². The summed E-state index contributed by atoms with van der Waals surface area (Å²) in [5.41, 5.74) is 0.982. The molecule has 1 amide bonds. The van der Waals surface area contributed by atoms with E-state index in [9.17, 15) is 4.79 Å². The Hall–Kier alpha value is -2.74. The van der Waals surface area contributed by atoms with Gasteiger partial charge in [-0.05, 0) is 46.3 Å². The number of carbonyl (C=O) groups is 1. The van der Waals surface area contributed by atoms with Crippen molar-refractivity contribution in [3.05, 3.63) is 59.2 Å². The van der Waals surface area contributed by atoms with Crippen LogP contribution in [-0.2, 0) is 0 Å². The zero-order chi connectivity index (χ0) is 16.2. The standard InChI is InChI=1S/C15H12BrN5O2/c1-23-10-4-5-12(16)11(7-10)15(22)20-13-3-2-6-18-14(13)21-9-17-8-19-21/h2-9H,1H3,(H,20,22). The molecule has 0 atom stereocenters. The van der Waals surface area contributed by atoms with Gasteiger partial charge in [-0.1, -0.05) is 0 Å². The van der Waals surface area contributed by atoms with Crippen LogP contribution in [0, 0.1) is 0 Å². The van der Waals surface area contributed by atoms with E-state index < -0.39 is 0 Å². The smallest absolute Gasteiger partial charge is 0.257 e. The number of hydrogen-bond acceptors (Lipinski definition) is 5. The second kappa shape index (κ2) is 6.57. The number of rotatable bonds is 4. The molecule has 0 spiro atoms. The van der Waals surface area contributed by atoms with Gasteiger partial charge < -0.3 is 10.1 Å². The summed E-state index contributed by atoms with van der Waals surface area (Å²) in [6.45, 7) is 0. The molecule has 0 aliphatic carbocycles. The fourth-order valence-corrected chi connectivity index (χ4v) is 2.42. The highest BCUT2D eigenvalue weighted by Gasteiger charge is 2.15. The van der Waals surface area contributed by atoms with Crippen molar-refractivity contribution >= 4 is 27.5 Å². The number of methoxy groups -OCH3 is 1. The lowest BCUT2D eigenvalue weighted by atomic mass is 10.2. The van der Waals surface area contributed by atoms with Gasteiger partial charge in [-0.3, -0.25) is 4.79 Å². The van der Waals surface area contributed by atoms with Gasteiger partial charge in [0, 0.05) is 10.7 Å². The molecule has 3 aromatic rings. The lowest BCUT2D eigenvalue weighted by Gasteiger charge is -2.11. The van der Waals surface area contributed by atoms with Crippen LogP contribution in [-0.4, -0.2) is 32.8 Å². The topological polar surface area (TPSA) is 81.9 Å². The molecular weight excluding hydrogens is 362 g/mol. The lowest BCUT2D eigenvalue weighted by molar-refractivity contribution is 0.102. The minimum atomic E-state index is -0.287. The number of pyridine rings is 1. The Morgan fingerprint density at radius 3 is 2.96 bits per heavy atom. The molecule has 0 aliphatic rings. The van der Waals surface area contributed by atoms with E-state index in [4.69, 9.17) is 4.74 Å². The molecule has 116 valence electrons. The maximum atomic E-state index is 12.6. The number of amides is 1. The van der Waals surface area contributed by atoms with Gasteiger partial charge in [-0.15, -0.1) is 0 Å². The van der Waals surface area contributed by atoms with E-state index in [0.29, 0.717) is 27.3 Å². The number of nitrogens with one attached hydrogen (secondary N) is 1. The Labute approximate surface area is 140 Å². The molecule has 8 heteroatoms. The third kappa shape index (κ3) is 3.21. The van der Waals surface area contributed by atoms with E-state index in [1.54, 1.807) is 43.6 Å². The maximum absolute atomic E-state index is 12.6. The third-order valence-electron chi connectivity index (χ3n) is 3.09. The lowest BCUT2D eigenvalue weighted by Crippen LogP contribution is -2.15. The third-order valence-corrected chi connectivity index (χ3v) is 3.78. The normalized spacial score (nSPS) is 10.3. The van der Waals surface area contributed by atoms with Gasteiger partial charge in [-0.25, -0.2) is 14.6 Å². The summed E-state index contributed by atoms with van der Waals surface area (Å²) < 4.78 is 7.31. The molecule has 0 bridgehead atoms. The van der Waals surface area contributed by atoms with Crippen LogP contribution in [0.4, 0.5) is 5.69 Å². The monoisotopic (exact) mass is 373 g/mol. The summed E-state index contributed by atoms with van der Waals surface area (Å²) in [5, 5.41) is 6.87. The number of hydrogen-bond donors (Lipinski definition) is 1. The number of anilines is 1. The Kier molecular flexibility index (Phi) is 4.33. The van der Waals surface area contributed by atoms with Crippen LogP contribution in [0.3, 0.4) is 0 Å². The first-order valence-electron chi connectivity index (χ1n) is 6.64. The van der Waals surface area contributed by atoms with Gasteiger partial charge >= 0.3 is 0 Å². The molecule has 3 rings (SSSR count). The largest absolute Gasteiger partial charge is 0.497 e. The van der Waals surface area contributed by atoms with Crippen LogP contribution >= 0.6 is 15.9 Å². The Bertz CT molecular complexity index is 836. The highest BCUT2D eigenvalue weighted by atomic mass is 79.9. The molecule has 2 heterocycles. The second-order valence-corrected chi connectivity index (χ2v) is 5.37. The molecule has 1 N–H and O–H groups in total. The zero-order valence-electron chi connectivity index (χ0n) is 12.1. The van der Waals surface area contributed by atoms with Crippen molar-refractivity contribution in [2.24, 2.45) is 0 Å². The van der Waals surface area contributed by atoms with Crippen molar-refractivity contribution in [3.63, 3.8) is 0 Å². The average Bonchev–Trinajstić information content (AvgIpc) is 3.10. The molecule has 0 radical (unpaired) electrons. The molecular formula is C15H12BrN5O2. The Balaban J connectivity index is 1.93. The van der Waals surface area contributed by atoms with Crippen LogP contribution in [0.1, 0.15) is 10.4 Å². The molecule has 7 nitrogen and oxygen atoms in total. The predicted octanol–water partition coefficient (Wildman–Crippen LogP) is 2.69. The van der Waals surface area contributed by atoms with Gasteiger partial charge in [0.05, 0.1) is 18.4 Å². The average molecular weight is 374 g/mol. The van der Waals surface area contributed by atoms with Crippen molar-refractivity contribution in [1.82, 2.24) is 19.7 Å². The van der Waals surface area contributed by atoms with Gasteiger partial charge in [0.2, 0.25) is 0 Å². The SMILES string of the molecule is COc1ccc(Br)c(C(=O)Nc2cccnc2-n2cncn2)c1.